The molecule has 1 aromatic carbocycles. The summed E-state index contributed by atoms with van der Waals surface area (Å²) in [7, 11) is 0. The van der Waals surface area contributed by atoms with Crippen molar-refractivity contribution in [3.63, 3.8) is 0 Å². The van der Waals surface area contributed by atoms with Crippen LogP contribution in [0.3, 0.4) is 0 Å². The minimum atomic E-state index is -0.221. The van der Waals surface area contributed by atoms with Crippen molar-refractivity contribution in [1.29, 1.82) is 0 Å². The first-order chi connectivity index (χ1) is 8.74. The van der Waals surface area contributed by atoms with Crippen LogP contribution in [-0.2, 0) is 0 Å². The lowest BCUT2D eigenvalue weighted by Gasteiger charge is -2.04. The van der Waals surface area contributed by atoms with Gasteiger partial charge in [0, 0.05) is 17.3 Å². The van der Waals surface area contributed by atoms with Crippen molar-refractivity contribution in [2.75, 3.05) is 5.32 Å². The zero-order valence-electron chi connectivity index (χ0n) is 9.82. The number of hydrogen-bond donors (Lipinski definition) is 3. The van der Waals surface area contributed by atoms with Crippen LogP contribution in [0.25, 0.3) is 10.9 Å². The Morgan fingerprint density at radius 3 is 3.00 bits per heavy atom. The first-order valence-corrected chi connectivity index (χ1v) is 5.63. The van der Waals surface area contributed by atoms with Crippen molar-refractivity contribution in [3.05, 3.63) is 47.9 Å². The molecule has 0 unspecified atom stereocenters. The van der Waals surface area contributed by atoms with E-state index in [2.05, 4.69) is 20.5 Å². The molecule has 0 aliphatic heterocycles. The van der Waals surface area contributed by atoms with Crippen LogP contribution in [0.1, 0.15) is 16.2 Å². The largest absolute Gasteiger partial charge is 0.359 e. The number of anilines is 1. The van der Waals surface area contributed by atoms with Gasteiger partial charge in [0.1, 0.15) is 0 Å². The maximum atomic E-state index is 12.0. The average molecular weight is 240 g/mol. The molecule has 90 valence electrons. The second-order valence-electron chi connectivity index (χ2n) is 4.14. The minimum Gasteiger partial charge on any atom is -0.359 e. The van der Waals surface area contributed by atoms with Gasteiger partial charge in [0.05, 0.1) is 11.2 Å². The second-order valence-corrected chi connectivity index (χ2v) is 4.14. The lowest BCUT2D eigenvalue weighted by atomic mass is 10.2. The van der Waals surface area contributed by atoms with Gasteiger partial charge in [0.25, 0.3) is 5.91 Å². The molecule has 3 aromatic rings. The van der Waals surface area contributed by atoms with Gasteiger partial charge in [-0.15, -0.1) is 0 Å². The molecule has 0 aliphatic rings. The van der Waals surface area contributed by atoms with E-state index < -0.39 is 0 Å². The van der Waals surface area contributed by atoms with Crippen LogP contribution >= 0.6 is 0 Å². The van der Waals surface area contributed by atoms with Crippen molar-refractivity contribution in [1.82, 2.24) is 15.2 Å². The van der Waals surface area contributed by atoms with Crippen LogP contribution in [0, 0.1) is 6.92 Å². The summed E-state index contributed by atoms with van der Waals surface area (Å²) in [5, 5.41) is 10.6. The monoisotopic (exact) mass is 240 g/mol. The molecule has 0 radical (unpaired) electrons. The smallest absolute Gasteiger partial charge is 0.276 e. The fourth-order valence-corrected chi connectivity index (χ4v) is 1.91. The van der Waals surface area contributed by atoms with E-state index in [0.717, 1.165) is 22.3 Å². The number of rotatable bonds is 2. The van der Waals surface area contributed by atoms with Gasteiger partial charge in [-0.3, -0.25) is 9.89 Å². The third-order valence-corrected chi connectivity index (χ3v) is 2.77. The number of H-pyrrole nitrogens is 2. The summed E-state index contributed by atoms with van der Waals surface area (Å²) in [4.78, 5) is 15.1. The van der Waals surface area contributed by atoms with Crippen molar-refractivity contribution in [2.24, 2.45) is 0 Å². The van der Waals surface area contributed by atoms with Crippen molar-refractivity contribution >= 4 is 22.5 Å². The molecule has 2 aromatic heterocycles. The summed E-state index contributed by atoms with van der Waals surface area (Å²) in [6, 6.07) is 9.42. The molecular formula is C13H12N4O. The number of nitrogens with one attached hydrogen (secondary N) is 3. The molecular weight excluding hydrogens is 228 g/mol. The number of carbonyl (C=O) groups is 1. The van der Waals surface area contributed by atoms with E-state index in [1.807, 2.05) is 37.4 Å². The third-order valence-electron chi connectivity index (χ3n) is 2.77. The van der Waals surface area contributed by atoms with Crippen LogP contribution in [0.2, 0.25) is 0 Å². The van der Waals surface area contributed by atoms with Crippen LogP contribution in [0.4, 0.5) is 5.69 Å². The third kappa shape index (κ3) is 1.75. The SMILES string of the molecule is Cc1cc(C(=O)Nc2cccc3cc[nH]c23)n[nH]1. The number of amides is 1. The van der Waals surface area contributed by atoms with E-state index in [4.69, 9.17) is 0 Å². The first-order valence-electron chi connectivity index (χ1n) is 5.63. The number of aromatic amines is 2. The minimum absolute atomic E-state index is 0.221. The average Bonchev–Trinajstić information content (AvgIpc) is 2.97. The molecule has 0 saturated carbocycles. The predicted molar refractivity (Wildman–Crippen MR) is 69.6 cm³/mol. The molecule has 0 bridgehead atoms. The van der Waals surface area contributed by atoms with Gasteiger partial charge < -0.3 is 10.3 Å². The number of aromatic nitrogens is 3. The van der Waals surface area contributed by atoms with Gasteiger partial charge in [-0.1, -0.05) is 12.1 Å². The van der Waals surface area contributed by atoms with E-state index in [9.17, 15) is 4.79 Å². The van der Waals surface area contributed by atoms with Crippen LogP contribution < -0.4 is 5.32 Å². The maximum Gasteiger partial charge on any atom is 0.276 e. The molecule has 0 atom stereocenters. The zero-order valence-corrected chi connectivity index (χ0v) is 9.82. The number of aryl methyl sites for hydroxylation is 1. The van der Waals surface area contributed by atoms with Gasteiger partial charge in [0.2, 0.25) is 0 Å². The van der Waals surface area contributed by atoms with Gasteiger partial charge in [-0.05, 0) is 25.1 Å². The normalized spacial score (nSPS) is 10.7. The Bertz CT molecular complexity index is 710. The molecule has 3 rings (SSSR count). The second kappa shape index (κ2) is 4.03. The molecule has 0 saturated heterocycles. The highest BCUT2D eigenvalue weighted by Crippen LogP contribution is 2.21. The maximum absolute atomic E-state index is 12.0. The van der Waals surface area contributed by atoms with E-state index in [1.165, 1.54) is 0 Å². The number of hydrogen-bond acceptors (Lipinski definition) is 2. The summed E-state index contributed by atoms with van der Waals surface area (Å²) in [5.74, 6) is -0.221. The molecule has 3 N–H and O–H groups in total. The van der Waals surface area contributed by atoms with E-state index in [-0.39, 0.29) is 5.91 Å². The van der Waals surface area contributed by atoms with E-state index in [0.29, 0.717) is 5.69 Å². The highest BCUT2D eigenvalue weighted by atomic mass is 16.1. The van der Waals surface area contributed by atoms with Crippen molar-refractivity contribution in [2.45, 2.75) is 6.92 Å². The van der Waals surface area contributed by atoms with Gasteiger partial charge >= 0.3 is 0 Å². The Hall–Kier alpha value is -2.56. The lowest BCUT2D eigenvalue weighted by molar-refractivity contribution is 0.102. The summed E-state index contributed by atoms with van der Waals surface area (Å²) >= 11 is 0. The first kappa shape index (κ1) is 10.6. The molecule has 18 heavy (non-hydrogen) atoms. The van der Waals surface area contributed by atoms with E-state index in [1.54, 1.807) is 6.07 Å². The van der Waals surface area contributed by atoms with Crippen molar-refractivity contribution in [3.8, 4) is 0 Å². The summed E-state index contributed by atoms with van der Waals surface area (Å²) in [6.45, 7) is 1.86. The molecule has 0 fully saturated rings. The quantitative estimate of drug-likeness (QED) is 0.643. The number of nitrogens with zero attached hydrogens (tertiary/aromatic N) is 1. The van der Waals surface area contributed by atoms with Gasteiger partial charge in [-0.2, -0.15) is 5.10 Å². The van der Waals surface area contributed by atoms with Crippen LogP contribution in [0.15, 0.2) is 36.5 Å². The summed E-state index contributed by atoms with van der Waals surface area (Å²) in [5.41, 5.74) is 2.91. The number of fused-ring (bicyclic) bond motifs is 1. The van der Waals surface area contributed by atoms with Crippen LogP contribution in [0.5, 0.6) is 0 Å². The van der Waals surface area contributed by atoms with Gasteiger partial charge in [0.15, 0.2) is 5.69 Å². The highest BCUT2D eigenvalue weighted by molar-refractivity contribution is 6.07. The Kier molecular flexibility index (Phi) is 2.37. The fraction of sp³-hybridized carbons (Fsp3) is 0.0769. The zero-order chi connectivity index (χ0) is 12.5. The van der Waals surface area contributed by atoms with Crippen molar-refractivity contribution < 1.29 is 4.79 Å². The van der Waals surface area contributed by atoms with Crippen LogP contribution in [-0.4, -0.2) is 21.1 Å². The summed E-state index contributed by atoms with van der Waals surface area (Å²) < 4.78 is 0. The predicted octanol–water partition coefficient (Wildman–Crippen LogP) is 2.45. The molecule has 0 spiro atoms. The standard InChI is InChI=1S/C13H12N4O/c1-8-7-11(17-16-8)13(18)15-10-4-2-3-9-5-6-14-12(9)10/h2-7,14H,1H3,(H,15,18)(H,16,17). The molecule has 2 heterocycles. The highest BCUT2D eigenvalue weighted by Gasteiger charge is 2.11. The molecule has 0 aliphatic carbocycles. The molecule has 5 nitrogen and oxygen atoms in total. The Balaban J connectivity index is 1.92. The number of para-hydroxylation sites is 1. The fourth-order valence-electron chi connectivity index (χ4n) is 1.91. The molecule has 5 heteroatoms. The Labute approximate surface area is 103 Å². The Morgan fingerprint density at radius 2 is 2.22 bits per heavy atom. The number of benzene rings is 1. The van der Waals surface area contributed by atoms with E-state index >= 15 is 0 Å². The Morgan fingerprint density at radius 1 is 1.33 bits per heavy atom. The lowest BCUT2D eigenvalue weighted by Crippen LogP contribution is -2.12. The topological polar surface area (TPSA) is 73.6 Å². The number of carbonyl (C=O) groups excluding carboxylic acids is 1. The van der Waals surface area contributed by atoms with Gasteiger partial charge in [-0.25, -0.2) is 0 Å². The summed E-state index contributed by atoms with van der Waals surface area (Å²) in [6.07, 6.45) is 1.85. The molecule has 1 amide bonds.